The first-order chi connectivity index (χ1) is 72.9. The van der Waals surface area contributed by atoms with Gasteiger partial charge < -0.3 is 78.0 Å². The van der Waals surface area contributed by atoms with Gasteiger partial charge in [-0.1, -0.05) is 263 Å². The van der Waals surface area contributed by atoms with Crippen LogP contribution in [0.2, 0.25) is 0 Å². The van der Waals surface area contributed by atoms with Gasteiger partial charge in [0.2, 0.25) is 21.7 Å². The van der Waals surface area contributed by atoms with Crippen molar-refractivity contribution in [1.82, 2.24) is 68.5 Å². The number of carboxylic acid groups (broad SMARTS) is 2. The van der Waals surface area contributed by atoms with Crippen molar-refractivity contribution in [1.29, 1.82) is 0 Å². The third-order valence-electron chi connectivity index (χ3n) is 28.4. The molecule has 0 spiro atoms. The molecule has 4 atom stereocenters. The van der Waals surface area contributed by atoms with Gasteiger partial charge in [-0.25, -0.2) is 18.4 Å². The van der Waals surface area contributed by atoms with Crippen molar-refractivity contribution in [2.24, 2.45) is 0 Å². The molecule has 13 aromatic rings. The average Bonchev–Trinajstić information content (AvgIpc) is 0.739. The summed E-state index contributed by atoms with van der Waals surface area (Å²) in [6.07, 6.45) is 10.4. The van der Waals surface area contributed by atoms with E-state index in [1.165, 1.54) is 53.6 Å². The number of nitrogens with one attached hydrogen (secondary N) is 3. The van der Waals surface area contributed by atoms with E-state index in [4.69, 9.17) is 14.2 Å². The summed E-state index contributed by atoms with van der Waals surface area (Å²) < 4.78 is 50.6. The highest BCUT2D eigenvalue weighted by Crippen LogP contribution is 2.43. The van der Waals surface area contributed by atoms with Crippen LogP contribution in [0.15, 0.2) is 305 Å². The van der Waals surface area contributed by atoms with Crippen molar-refractivity contribution < 1.29 is 76.7 Å². The zero-order valence-electron chi connectivity index (χ0n) is 83.0. The van der Waals surface area contributed by atoms with Crippen molar-refractivity contribution in [3.63, 3.8) is 0 Å². The summed E-state index contributed by atoms with van der Waals surface area (Å²) in [6.45, 7) is 11.4. The molecule has 4 unspecified atom stereocenters. The lowest BCUT2D eigenvalue weighted by Crippen LogP contribution is -2.61. The zero-order valence-corrected chi connectivity index (χ0v) is 83.0. The van der Waals surface area contributed by atoms with Crippen LogP contribution in [0.4, 0.5) is 8.78 Å². The molecule has 21 rings (SSSR count). The third kappa shape index (κ3) is 22.2. The Morgan fingerprint density at radius 2 is 0.653 bits per heavy atom. The van der Waals surface area contributed by atoms with E-state index >= 15 is 0 Å². The molecule has 9 aromatic carbocycles. The van der Waals surface area contributed by atoms with Gasteiger partial charge in [-0.2, -0.15) is 0 Å². The number of fused-ring (bicyclic) bond motifs is 8. The number of hydrogen-bond donors (Lipinski definition) is 6. The second-order valence-corrected chi connectivity index (χ2v) is 37.9. The van der Waals surface area contributed by atoms with Crippen LogP contribution in [0, 0.1) is 11.6 Å². The smallest absolute Gasteiger partial charge is 0.341 e. The molecule has 4 fully saturated rings. The number of aromatic carboxylic acids is 2. The van der Waals surface area contributed by atoms with Crippen molar-refractivity contribution in [3.8, 4) is 23.0 Å². The first kappa shape index (κ1) is 103. The number of carboxylic acids is 2. The average molecular weight is 2030 g/mol. The first-order valence-corrected chi connectivity index (χ1v) is 50.7. The van der Waals surface area contributed by atoms with Gasteiger partial charge in [0.15, 0.2) is 45.8 Å². The molecule has 6 amide bonds. The fraction of sp³-hybridized carbons (Fsp3) is 0.293. The van der Waals surface area contributed by atoms with Gasteiger partial charge >= 0.3 is 11.9 Å². The van der Waals surface area contributed by atoms with Crippen LogP contribution in [0.5, 0.6) is 23.0 Å². The van der Waals surface area contributed by atoms with E-state index in [9.17, 15) is 81.6 Å². The van der Waals surface area contributed by atoms with E-state index in [2.05, 4.69) is 103 Å². The number of aromatic hydroxyl groups is 1. The zero-order chi connectivity index (χ0) is 105. The van der Waals surface area contributed by atoms with Crippen LogP contribution in [0.1, 0.15) is 217 Å². The van der Waals surface area contributed by atoms with Gasteiger partial charge in [0.1, 0.15) is 65.2 Å². The fourth-order valence-corrected chi connectivity index (χ4v) is 21.1. The Bertz CT molecular complexity index is 7240. The number of carbonyl (C=O) groups excluding carboxylic acids is 6. The van der Waals surface area contributed by atoms with Crippen molar-refractivity contribution in [2.75, 3.05) is 65.6 Å². The van der Waals surface area contributed by atoms with E-state index in [1.807, 2.05) is 163 Å². The Balaban J connectivity index is 0.000000132. The second kappa shape index (κ2) is 47.1. The molecule has 0 saturated carbocycles. The topological polar surface area (TPSA) is 372 Å². The largest absolute Gasteiger partial charge is 0.503 e. The van der Waals surface area contributed by atoms with E-state index in [0.29, 0.717) is 63.4 Å². The van der Waals surface area contributed by atoms with Gasteiger partial charge in [0.05, 0.1) is 57.5 Å². The number of benzene rings is 9. The number of nitrogens with zero attached hydrogens (tertiary/aromatic N) is 11. The monoisotopic (exact) mass is 2030 g/mol. The predicted molar refractivity (Wildman–Crippen MR) is 555 cm³/mol. The van der Waals surface area contributed by atoms with Crippen molar-refractivity contribution in [2.45, 2.75) is 154 Å². The molecule has 772 valence electrons. The number of halogens is 2. The Kier molecular flexibility index (Phi) is 32.5. The van der Waals surface area contributed by atoms with Gasteiger partial charge in [-0.15, -0.1) is 0 Å². The van der Waals surface area contributed by atoms with Crippen LogP contribution in [-0.4, -0.2) is 206 Å². The minimum Gasteiger partial charge on any atom is -0.503 e. The van der Waals surface area contributed by atoms with Crippen LogP contribution < -0.4 is 51.9 Å². The molecule has 8 aliphatic heterocycles. The third-order valence-corrected chi connectivity index (χ3v) is 28.4. The summed E-state index contributed by atoms with van der Waals surface area (Å²) >= 11 is 0. The van der Waals surface area contributed by atoms with E-state index in [0.717, 1.165) is 110 Å². The summed E-state index contributed by atoms with van der Waals surface area (Å²) in [5, 5.41) is 38.3. The number of rotatable bonds is 28. The minimum atomic E-state index is -1.44. The van der Waals surface area contributed by atoms with Gasteiger partial charge in [0, 0.05) is 83.7 Å². The Labute approximate surface area is 863 Å². The van der Waals surface area contributed by atoms with Crippen LogP contribution in [-0.2, 0) is 45.9 Å². The molecule has 0 radical (unpaired) electrons. The maximum absolute atomic E-state index is 14.4. The highest BCUT2D eigenvalue weighted by molar-refractivity contribution is 6.02. The quantitative estimate of drug-likeness (QED) is 0.0248. The molecule has 0 aliphatic carbocycles. The highest BCUT2D eigenvalue weighted by atomic mass is 19.1. The predicted octanol–water partition coefficient (Wildman–Crippen LogP) is 14.2. The fourth-order valence-electron chi connectivity index (χ4n) is 21.1. The molecular weight excluding hydrogens is 1920 g/mol. The summed E-state index contributed by atoms with van der Waals surface area (Å²) in [6, 6.07) is 81.5. The van der Waals surface area contributed by atoms with Gasteiger partial charge in [-0.05, 0) is 119 Å². The first-order valence-electron chi connectivity index (χ1n) is 50.7. The number of amides is 6. The SMILES string of the molecule is CCCCOc1c2n(cc(C(=O)NCc3ccc(F)cc3)c1=O)CC1NCCCN1C2=O.CCCCOc1c2n(cc(C(=O)O)c1=O)CC1N(CCCN1C(c1ccccc1)c1ccccc1)C2=O.O=C(NCc1ccc(F)cc1)c1cn2c(c(OCc3ccccc3)c1=O)C(=O)N1CCCN(C(c3ccccc3)c3ccccc3)C1C2.O=C(O)c1cn2c(c(O)c1=O)C(=O)N1CCCN(C(c3ccccc3)c3ccccc3)C1C2. The van der Waals surface area contributed by atoms with Gasteiger partial charge in [0.25, 0.3) is 35.4 Å². The number of aromatic nitrogens is 4. The van der Waals surface area contributed by atoms with Crippen molar-refractivity contribution >= 4 is 47.4 Å². The lowest BCUT2D eigenvalue weighted by molar-refractivity contribution is -0.0243. The van der Waals surface area contributed by atoms with E-state index in [-0.39, 0.29) is 168 Å². The maximum Gasteiger partial charge on any atom is 0.341 e. The van der Waals surface area contributed by atoms with E-state index in [1.54, 1.807) is 47.8 Å². The second-order valence-electron chi connectivity index (χ2n) is 37.9. The number of hydrogen-bond acceptors (Lipinski definition) is 20. The molecule has 34 heteroatoms. The Hall–Kier alpha value is -16.6. The Morgan fingerprint density at radius 1 is 0.353 bits per heavy atom. The van der Waals surface area contributed by atoms with Crippen LogP contribution in [0.25, 0.3) is 0 Å². The summed E-state index contributed by atoms with van der Waals surface area (Å²) in [7, 11) is 0. The molecule has 150 heavy (non-hydrogen) atoms. The van der Waals surface area contributed by atoms with Crippen LogP contribution >= 0.6 is 0 Å². The molecule has 32 nitrogen and oxygen atoms in total. The number of pyridine rings is 4. The summed E-state index contributed by atoms with van der Waals surface area (Å²) in [5.41, 5.74) is 4.94. The molecule has 12 heterocycles. The highest BCUT2D eigenvalue weighted by Gasteiger charge is 2.49. The van der Waals surface area contributed by atoms with Gasteiger partial charge in [-0.3, -0.25) is 68.0 Å². The van der Waals surface area contributed by atoms with Crippen molar-refractivity contribution in [3.05, 3.63) is 433 Å². The molecule has 8 aliphatic rings. The minimum absolute atomic E-state index is 0.0522. The summed E-state index contributed by atoms with van der Waals surface area (Å²) in [4.78, 5) is 171. The number of unbranched alkanes of at least 4 members (excludes halogenated alkanes) is 2. The number of ether oxygens (including phenoxy) is 3. The number of carbonyl (C=O) groups is 8. The summed E-state index contributed by atoms with van der Waals surface area (Å²) in [5.74, 6) is -7.21. The lowest BCUT2D eigenvalue weighted by atomic mass is 9.94. The molecule has 0 bridgehead atoms. The molecular formula is C116H116F2N14O18. The molecule has 4 aromatic heterocycles. The Morgan fingerprint density at radius 3 is 1.01 bits per heavy atom. The maximum atomic E-state index is 14.4. The van der Waals surface area contributed by atoms with Crippen LogP contribution in [0.3, 0.4) is 0 Å². The van der Waals surface area contributed by atoms with E-state index < -0.39 is 62.7 Å². The standard InChI is InChI=1S/C39H35FN4O4.C29H31N3O5.C25H23N3O5.C23H27FN4O4/c40-31-19-17-27(18-20-31)23-41-38(46)32-24-42-25-33-43(34(29-13-6-2-7-14-29)30-15-8-3-9-16-30)21-10-22-44(33)39(47)35(42)37(36(32)45)48-26-28-11-4-1-5-12-28;1-2-3-17-37-27-25-28(34)32-16-10-15-31(23(32)19-30(25)18-22(26(27)33)29(35)36)24(20-11-6-4-7-12-20)21-13-8-5-9-14-21;29-22-18(25(32)33)14-26-15-19-27(12-7-13-28(19)24(31)21(26)23(22)30)20(16-8-3-1-4-9-16)17-10-5-2-6-11-17;1-2-3-11-32-21-19-23(31)28-10-4-9-25-18(28)14-27(19)13-17(20(21)29)22(30)26-12-15-5-7-16(24)8-6-15/h1-9,11-20,24,33-34H,10,21-23,25-26H2,(H,41,46);4-9,11-14,18,23-24H,2-3,10,15-17,19H2,1H3,(H,35,36);1-6,8-11,14,19-20,30H,7,12-13,15H2,(H,32,33);5-8,13,18,25H,2-4,9-12,14H2,1H3,(H,26,30). The lowest BCUT2D eigenvalue weighted by Gasteiger charge is -2.50. The molecule has 4 saturated heterocycles. The molecule has 6 N–H and O–H groups in total. The normalized spacial score (nSPS) is 17.1.